The van der Waals surface area contributed by atoms with Gasteiger partial charge in [-0.2, -0.15) is 0 Å². The zero-order valence-electron chi connectivity index (χ0n) is 6.63. The molecule has 0 saturated carbocycles. The van der Waals surface area contributed by atoms with Gasteiger partial charge in [0.2, 0.25) is 0 Å². The maximum absolute atomic E-state index is 5.81. The van der Waals surface area contributed by atoms with Crippen molar-refractivity contribution in [2.75, 3.05) is 0 Å². The lowest BCUT2D eigenvalue weighted by Gasteiger charge is -2.22. The van der Waals surface area contributed by atoms with Crippen LogP contribution in [0.25, 0.3) is 0 Å². The molecule has 0 aromatic heterocycles. The fraction of sp³-hybridized carbons (Fsp3) is 0.750. The zero-order chi connectivity index (χ0) is 7.61. The molecule has 0 aliphatic carbocycles. The molecular formula is C8H15NO. The second-order valence-corrected chi connectivity index (χ2v) is 3.56. The van der Waals surface area contributed by atoms with Gasteiger partial charge in [0.15, 0.2) is 0 Å². The van der Waals surface area contributed by atoms with Gasteiger partial charge in [0.1, 0.15) is 6.10 Å². The third kappa shape index (κ3) is 2.40. The Morgan fingerprint density at radius 3 is 2.80 bits per heavy atom. The van der Waals surface area contributed by atoms with E-state index >= 15 is 0 Å². The molecule has 0 radical (unpaired) electrons. The van der Waals surface area contributed by atoms with E-state index in [2.05, 4.69) is 0 Å². The van der Waals surface area contributed by atoms with Crippen LogP contribution in [0.3, 0.4) is 0 Å². The summed E-state index contributed by atoms with van der Waals surface area (Å²) in [5.74, 6) is 0. The SMILES string of the molecule is CC(C)(N)CC1CC=CO1. The Labute approximate surface area is 62.1 Å². The quantitative estimate of drug-likeness (QED) is 0.631. The molecule has 1 unspecified atom stereocenters. The van der Waals surface area contributed by atoms with Crippen molar-refractivity contribution in [2.24, 2.45) is 5.73 Å². The molecule has 10 heavy (non-hydrogen) atoms. The molecule has 58 valence electrons. The lowest BCUT2D eigenvalue weighted by molar-refractivity contribution is 0.139. The topological polar surface area (TPSA) is 35.2 Å². The summed E-state index contributed by atoms with van der Waals surface area (Å²) in [6.45, 7) is 4.04. The van der Waals surface area contributed by atoms with E-state index < -0.39 is 0 Å². The predicted molar refractivity (Wildman–Crippen MR) is 41.5 cm³/mol. The first-order chi connectivity index (χ1) is 4.58. The average molecular weight is 141 g/mol. The third-order valence-corrected chi connectivity index (χ3v) is 1.52. The fourth-order valence-corrected chi connectivity index (χ4v) is 1.15. The monoisotopic (exact) mass is 141 g/mol. The van der Waals surface area contributed by atoms with Crippen molar-refractivity contribution in [1.29, 1.82) is 0 Å². The summed E-state index contributed by atoms with van der Waals surface area (Å²) < 4.78 is 5.27. The number of hydrogen-bond acceptors (Lipinski definition) is 2. The average Bonchev–Trinajstić information content (AvgIpc) is 2.12. The van der Waals surface area contributed by atoms with Gasteiger partial charge in [-0.1, -0.05) is 0 Å². The minimum atomic E-state index is -0.101. The Bertz CT molecular complexity index is 127. The highest BCUT2D eigenvalue weighted by Gasteiger charge is 2.20. The molecule has 0 aromatic rings. The number of ether oxygens (including phenoxy) is 1. The predicted octanol–water partition coefficient (Wildman–Crippen LogP) is 1.42. The fourth-order valence-electron chi connectivity index (χ4n) is 1.15. The van der Waals surface area contributed by atoms with Gasteiger partial charge in [-0.15, -0.1) is 0 Å². The second kappa shape index (κ2) is 2.62. The second-order valence-electron chi connectivity index (χ2n) is 3.56. The molecule has 2 heteroatoms. The van der Waals surface area contributed by atoms with Crippen LogP contribution in [0.15, 0.2) is 12.3 Å². The van der Waals surface area contributed by atoms with Gasteiger partial charge in [0.25, 0.3) is 0 Å². The minimum Gasteiger partial charge on any atom is -0.498 e. The Hall–Kier alpha value is -0.500. The summed E-state index contributed by atoms with van der Waals surface area (Å²) in [5.41, 5.74) is 5.71. The van der Waals surface area contributed by atoms with Crippen molar-refractivity contribution in [3.05, 3.63) is 12.3 Å². The van der Waals surface area contributed by atoms with Gasteiger partial charge in [0, 0.05) is 18.4 Å². The Morgan fingerprint density at radius 1 is 1.70 bits per heavy atom. The maximum atomic E-state index is 5.81. The Kier molecular flexibility index (Phi) is 2.00. The lowest BCUT2D eigenvalue weighted by atomic mass is 9.97. The molecule has 1 heterocycles. The molecule has 0 amide bonds. The minimum absolute atomic E-state index is 0.101. The standard InChI is InChI=1S/C8H15NO/c1-8(2,9)6-7-4-3-5-10-7/h3,5,7H,4,6,9H2,1-2H3. The van der Waals surface area contributed by atoms with Crippen LogP contribution in [0, 0.1) is 0 Å². The lowest BCUT2D eigenvalue weighted by Crippen LogP contribution is -2.35. The largest absolute Gasteiger partial charge is 0.498 e. The van der Waals surface area contributed by atoms with E-state index in [4.69, 9.17) is 10.5 Å². The summed E-state index contributed by atoms with van der Waals surface area (Å²) >= 11 is 0. The van der Waals surface area contributed by atoms with E-state index in [9.17, 15) is 0 Å². The summed E-state index contributed by atoms with van der Waals surface area (Å²) in [6.07, 6.45) is 6.06. The third-order valence-electron chi connectivity index (χ3n) is 1.52. The molecule has 0 saturated heterocycles. The maximum Gasteiger partial charge on any atom is 0.103 e. The highest BCUT2D eigenvalue weighted by Crippen LogP contribution is 2.18. The van der Waals surface area contributed by atoms with Gasteiger partial charge in [0.05, 0.1) is 6.26 Å². The van der Waals surface area contributed by atoms with Crippen LogP contribution in [0.4, 0.5) is 0 Å². The molecule has 1 aliphatic heterocycles. The summed E-state index contributed by atoms with van der Waals surface area (Å²) in [4.78, 5) is 0. The first-order valence-corrected chi connectivity index (χ1v) is 3.67. The summed E-state index contributed by atoms with van der Waals surface area (Å²) in [5, 5.41) is 0. The molecule has 0 bridgehead atoms. The normalized spacial score (nSPS) is 24.9. The van der Waals surface area contributed by atoms with Crippen LogP contribution in [0.5, 0.6) is 0 Å². The van der Waals surface area contributed by atoms with E-state index in [1.165, 1.54) is 0 Å². The zero-order valence-corrected chi connectivity index (χ0v) is 6.63. The highest BCUT2D eigenvalue weighted by molar-refractivity contribution is 4.90. The summed E-state index contributed by atoms with van der Waals surface area (Å²) in [6, 6.07) is 0. The van der Waals surface area contributed by atoms with Gasteiger partial charge in [-0.25, -0.2) is 0 Å². The van der Waals surface area contributed by atoms with Crippen molar-refractivity contribution < 1.29 is 4.74 Å². The van der Waals surface area contributed by atoms with Crippen molar-refractivity contribution in [3.8, 4) is 0 Å². The smallest absolute Gasteiger partial charge is 0.103 e. The van der Waals surface area contributed by atoms with Crippen LogP contribution in [-0.4, -0.2) is 11.6 Å². The number of nitrogens with two attached hydrogens (primary N) is 1. The first-order valence-electron chi connectivity index (χ1n) is 3.67. The van der Waals surface area contributed by atoms with E-state index in [0.29, 0.717) is 6.10 Å². The van der Waals surface area contributed by atoms with Gasteiger partial charge < -0.3 is 10.5 Å². The van der Waals surface area contributed by atoms with Gasteiger partial charge in [-0.05, 0) is 19.9 Å². The van der Waals surface area contributed by atoms with Crippen LogP contribution in [0.1, 0.15) is 26.7 Å². The highest BCUT2D eigenvalue weighted by atomic mass is 16.5. The van der Waals surface area contributed by atoms with Crippen molar-refractivity contribution >= 4 is 0 Å². The molecule has 1 atom stereocenters. The van der Waals surface area contributed by atoms with E-state index in [0.717, 1.165) is 12.8 Å². The molecule has 1 rings (SSSR count). The van der Waals surface area contributed by atoms with Crippen molar-refractivity contribution in [2.45, 2.75) is 38.3 Å². The molecule has 0 spiro atoms. The molecular weight excluding hydrogens is 126 g/mol. The molecule has 1 aliphatic rings. The molecule has 2 N–H and O–H groups in total. The van der Waals surface area contributed by atoms with Crippen LogP contribution >= 0.6 is 0 Å². The Morgan fingerprint density at radius 2 is 2.40 bits per heavy atom. The van der Waals surface area contributed by atoms with Crippen molar-refractivity contribution in [1.82, 2.24) is 0 Å². The van der Waals surface area contributed by atoms with Crippen LogP contribution in [0.2, 0.25) is 0 Å². The van der Waals surface area contributed by atoms with Crippen molar-refractivity contribution in [3.63, 3.8) is 0 Å². The van der Waals surface area contributed by atoms with E-state index in [1.54, 1.807) is 6.26 Å². The van der Waals surface area contributed by atoms with E-state index in [-0.39, 0.29) is 5.54 Å². The molecule has 0 aromatic carbocycles. The number of rotatable bonds is 2. The van der Waals surface area contributed by atoms with E-state index in [1.807, 2.05) is 19.9 Å². The Balaban J connectivity index is 2.26. The summed E-state index contributed by atoms with van der Waals surface area (Å²) in [7, 11) is 0. The molecule has 2 nitrogen and oxygen atoms in total. The van der Waals surface area contributed by atoms with Gasteiger partial charge in [-0.3, -0.25) is 0 Å². The van der Waals surface area contributed by atoms with Crippen LogP contribution < -0.4 is 5.73 Å². The first kappa shape index (κ1) is 7.61. The van der Waals surface area contributed by atoms with Crippen LogP contribution in [-0.2, 0) is 4.74 Å². The molecule has 0 fully saturated rings. The number of hydrogen-bond donors (Lipinski definition) is 1. The van der Waals surface area contributed by atoms with Gasteiger partial charge >= 0.3 is 0 Å².